The van der Waals surface area contributed by atoms with Gasteiger partial charge in [-0.15, -0.1) is 0 Å². The van der Waals surface area contributed by atoms with Crippen molar-refractivity contribution in [3.05, 3.63) is 53.1 Å². The Labute approximate surface area is 197 Å². The van der Waals surface area contributed by atoms with E-state index in [0.29, 0.717) is 32.1 Å². The molecule has 0 amide bonds. The molecule has 0 saturated carbocycles. The first-order valence-corrected chi connectivity index (χ1v) is 13.1. The second-order valence-electron chi connectivity index (χ2n) is 6.87. The van der Waals surface area contributed by atoms with Crippen LogP contribution in [-0.2, 0) is 29.5 Å². The third-order valence-corrected chi connectivity index (χ3v) is 8.59. The van der Waals surface area contributed by atoms with E-state index in [4.69, 9.17) is 21.1 Å². The Hall–Kier alpha value is -2.22. The molecule has 2 aromatic carbocycles. The van der Waals surface area contributed by atoms with E-state index in [1.807, 2.05) is 0 Å². The van der Waals surface area contributed by atoms with Crippen LogP contribution in [-0.4, -0.2) is 73.7 Å². The molecule has 10 nitrogen and oxygen atoms in total. The van der Waals surface area contributed by atoms with Crippen molar-refractivity contribution in [2.24, 2.45) is 0 Å². The number of hydrogen-bond donors (Lipinski definition) is 1. The minimum Gasteiger partial charge on any atom is -0.492 e. The Morgan fingerprint density at radius 2 is 1.76 bits per heavy atom. The molecular weight excluding hydrogens is 496 g/mol. The summed E-state index contributed by atoms with van der Waals surface area (Å²) in [7, 11) is -6.44. The number of nitrogens with zero attached hydrogens (tertiary/aromatic N) is 1. The van der Waals surface area contributed by atoms with Crippen molar-refractivity contribution in [3.63, 3.8) is 0 Å². The van der Waals surface area contributed by atoms with Crippen LogP contribution in [0.25, 0.3) is 0 Å². The van der Waals surface area contributed by atoms with Gasteiger partial charge >= 0.3 is 5.97 Å². The summed E-state index contributed by atoms with van der Waals surface area (Å²) < 4.78 is 69.3. The zero-order chi connectivity index (χ0) is 24.1. The summed E-state index contributed by atoms with van der Waals surface area (Å²) in [5, 5.41) is -0.0480. The standard InChI is InChI=1S/C20H23ClN2O8S2/c1-29-20(24)15-2-7-18(21)19(14-15)32(25,26)22-8-11-31-16-3-5-17(6-4-16)33(27,28)23-9-12-30-13-10-23/h2-7,14,22H,8-13H2,1H3. The number of sulfonamides is 2. The van der Waals surface area contributed by atoms with Gasteiger partial charge < -0.3 is 14.2 Å². The number of rotatable bonds is 9. The van der Waals surface area contributed by atoms with E-state index in [1.54, 1.807) is 0 Å². The lowest BCUT2D eigenvalue weighted by atomic mass is 10.2. The molecular formula is C20H23ClN2O8S2. The first kappa shape index (κ1) is 25.4. The second kappa shape index (κ2) is 10.8. The van der Waals surface area contributed by atoms with E-state index in [1.165, 1.54) is 47.8 Å². The van der Waals surface area contributed by atoms with E-state index in [2.05, 4.69) is 9.46 Å². The van der Waals surface area contributed by atoms with Crippen molar-refractivity contribution in [1.82, 2.24) is 9.03 Å². The number of benzene rings is 2. The van der Waals surface area contributed by atoms with Crippen LogP contribution in [0.2, 0.25) is 5.02 Å². The maximum atomic E-state index is 12.6. The summed E-state index contributed by atoms with van der Waals surface area (Å²) in [5.74, 6) is -0.314. The molecule has 0 spiro atoms. The van der Waals surface area contributed by atoms with Crippen LogP contribution in [0.5, 0.6) is 5.75 Å². The molecule has 0 bridgehead atoms. The monoisotopic (exact) mass is 518 g/mol. The van der Waals surface area contributed by atoms with Crippen molar-refractivity contribution in [2.75, 3.05) is 46.6 Å². The van der Waals surface area contributed by atoms with E-state index in [9.17, 15) is 21.6 Å². The van der Waals surface area contributed by atoms with Crippen LogP contribution in [0.15, 0.2) is 52.3 Å². The van der Waals surface area contributed by atoms with E-state index < -0.39 is 26.0 Å². The quantitative estimate of drug-likeness (QED) is 0.390. The molecule has 0 aliphatic carbocycles. The predicted octanol–water partition coefficient (Wildman–Crippen LogP) is 1.50. The maximum Gasteiger partial charge on any atom is 0.337 e. The molecule has 1 aliphatic heterocycles. The van der Waals surface area contributed by atoms with Gasteiger partial charge in [-0.3, -0.25) is 0 Å². The van der Waals surface area contributed by atoms with Gasteiger partial charge in [-0.25, -0.2) is 26.4 Å². The first-order valence-electron chi connectivity index (χ1n) is 9.83. The number of hydrogen-bond acceptors (Lipinski definition) is 8. The number of carbonyl (C=O) groups is 1. The number of morpholine rings is 1. The summed E-state index contributed by atoms with van der Waals surface area (Å²) >= 11 is 5.98. The Kier molecular flexibility index (Phi) is 8.32. The first-order chi connectivity index (χ1) is 15.6. The van der Waals surface area contributed by atoms with Gasteiger partial charge in [0.2, 0.25) is 20.0 Å². The highest BCUT2D eigenvalue weighted by Crippen LogP contribution is 2.23. The fourth-order valence-corrected chi connectivity index (χ4v) is 5.97. The second-order valence-corrected chi connectivity index (χ2v) is 11.0. The smallest absolute Gasteiger partial charge is 0.337 e. The topological polar surface area (TPSA) is 128 Å². The van der Waals surface area contributed by atoms with E-state index in [0.717, 1.165) is 6.07 Å². The van der Waals surface area contributed by atoms with Gasteiger partial charge in [0.1, 0.15) is 17.3 Å². The molecule has 33 heavy (non-hydrogen) atoms. The predicted molar refractivity (Wildman–Crippen MR) is 119 cm³/mol. The molecule has 0 radical (unpaired) electrons. The van der Waals surface area contributed by atoms with Crippen LogP contribution in [0, 0.1) is 0 Å². The molecule has 1 fully saturated rings. The summed E-state index contributed by atoms with van der Waals surface area (Å²) in [4.78, 5) is 11.5. The van der Waals surface area contributed by atoms with Crippen LogP contribution in [0.1, 0.15) is 10.4 Å². The highest BCUT2D eigenvalue weighted by Gasteiger charge is 2.26. The Balaban J connectivity index is 1.57. The van der Waals surface area contributed by atoms with Gasteiger partial charge in [0, 0.05) is 19.6 Å². The van der Waals surface area contributed by atoms with Crippen LogP contribution >= 0.6 is 11.6 Å². The lowest BCUT2D eigenvalue weighted by molar-refractivity contribution is 0.0600. The van der Waals surface area contributed by atoms with E-state index in [-0.39, 0.29) is 33.5 Å². The van der Waals surface area contributed by atoms with E-state index >= 15 is 0 Å². The zero-order valence-corrected chi connectivity index (χ0v) is 20.1. The summed E-state index contributed by atoms with van der Waals surface area (Å²) in [6, 6.07) is 9.65. The van der Waals surface area contributed by atoms with Gasteiger partial charge in [-0.1, -0.05) is 11.6 Å². The highest BCUT2D eigenvalue weighted by atomic mass is 35.5. The van der Waals surface area contributed by atoms with Gasteiger partial charge in [-0.05, 0) is 42.5 Å². The Bertz CT molecular complexity index is 1200. The van der Waals surface area contributed by atoms with Gasteiger partial charge in [0.05, 0.1) is 35.8 Å². The van der Waals surface area contributed by atoms with Crippen molar-refractivity contribution >= 4 is 37.6 Å². The number of methoxy groups -OCH3 is 1. The fourth-order valence-electron chi connectivity index (χ4n) is 3.02. The molecule has 0 atom stereocenters. The van der Waals surface area contributed by atoms with Gasteiger partial charge in [0.15, 0.2) is 0 Å². The Morgan fingerprint density at radius 3 is 2.39 bits per heavy atom. The van der Waals surface area contributed by atoms with Crippen molar-refractivity contribution in [1.29, 1.82) is 0 Å². The highest BCUT2D eigenvalue weighted by molar-refractivity contribution is 7.89. The summed E-state index contributed by atoms with van der Waals surface area (Å²) in [6.45, 7) is 1.20. The summed E-state index contributed by atoms with van der Waals surface area (Å²) in [5.41, 5.74) is 0.0469. The number of esters is 1. The zero-order valence-electron chi connectivity index (χ0n) is 17.7. The third kappa shape index (κ3) is 6.22. The van der Waals surface area contributed by atoms with Crippen molar-refractivity contribution < 1.29 is 35.8 Å². The average molecular weight is 519 g/mol. The number of ether oxygens (including phenoxy) is 3. The Morgan fingerprint density at radius 1 is 1.09 bits per heavy atom. The molecule has 3 rings (SSSR count). The number of halogens is 1. The lowest BCUT2D eigenvalue weighted by Crippen LogP contribution is -2.40. The molecule has 0 unspecified atom stereocenters. The normalized spacial score (nSPS) is 15.2. The molecule has 1 saturated heterocycles. The van der Waals surface area contributed by atoms with Gasteiger partial charge in [-0.2, -0.15) is 4.31 Å². The maximum absolute atomic E-state index is 12.6. The molecule has 0 aromatic heterocycles. The van der Waals surface area contributed by atoms with Crippen molar-refractivity contribution in [3.8, 4) is 5.75 Å². The lowest BCUT2D eigenvalue weighted by Gasteiger charge is -2.26. The van der Waals surface area contributed by atoms with Crippen LogP contribution in [0.4, 0.5) is 0 Å². The molecule has 1 N–H and O–H groups in total. The van der Waals surface area contributed by atoms with Crippen LogP contribution < -0.4 is 9.46 Å². The largest absolute Gasteiger partial charge is 0.492 e. The molecule has 1 aliphatic rings. The minimum atomic E-state index is -4.01. The molecule has 180 valence electrons. The SMILES string of the molecule is COC(=O)c1ccc(Cl)c(S(=O)(=O)NCCOc2ccc(S(=O)(=O)N3CCOCC3)cc2)c1. The molecule has 2 aromatic rings. The molecule has 13 heteroatoms. The average Bonchev–Trinajstić information content (AvgIpc) is 2.82. The summed E-state index contributed by atoms with van der Waals surface area (Å²) in [6.07, 6.45) is 0. The number of nitrogens with one attached hydrogen (secondary N) is 1. The van der Waals surface area contributed by atoms with Gasteiger partial charge in [0.25, 0.3) is 0 Å². The fraction of sp³-hybridized carbons (Fsp3) is 0.350. The van der Waals surface area contributed by atoms with Crippen molar-refractivity contribution in [2.45, 2.75) is 9.79 Å². The third-order valence-electron chi connectivity index (χ3n) is 4.74. The molecule has 1 heterocycles. The van der Waals surface area contributed by atoms with Crippen LogP contribution in [0.3, 0.4) is 0 Å². The minimum absolute atomic E-state index is 0.0247. The number of carbonyl (C=O) groups excluding carboxylic acids is 1.